The van der Waals surface area contributed by atoms with Crippen molar-refractivity contribution in [3.63, 3.8) is 0 Å². The molecule has 1 aromatic heterocycles. The number of carbonyl (C=O) groups is 2. The zero-order chi connectivity index (χ0) is 24.1. The van der Waals surface area contributed by atoms with E-state index < -0.39 is 0 Å². The molecular weight excluding hydrogens is 480 g/mol. The number of aromatic nitrogens is 2. The maximum atomic E-state index is 11.7. The van der Waals surface area contributed by atoms with Crippen molar-refractivity contribution in [3.8, 4) is 11.5 Å². The van der Waals surface area contributed by atoms with E-state index in [9.17, 15) is 14.7 Å². The molecule has 0 saturated heterocycles. The Balaban J connectivity index is 1.68. The van der Waals surface area contributed by atoms with Crippen LogP contribution in [0, 0.1) is 0 Å². The molecule has 33 heavy (non-hydrogen) atoms. The van der Waals surface area contributed by atoms with Crippen molar-refractivity contribution >= 4 is 46.6 Å². The molecule has 7 nitrogen and oxygen atoms in total. The van der Waals surface area contributed by atoms with Gasteiger partial charge in [0.25, 0.3) is 0 Å². The predicted molar refractivity (Wildman–Crippen MR) is 134 cm³/mol. The van der Waals surface area contributed by atoms with Gasteiger partial charge in [0.2, 0.25) is 0 Å². The molecule has 0 amide bonds. The summed E-state index contributed by atoms with van der Waals surface area (Å²) >= 11 is 4.90. The maximum absolute atomic E-state index is 11.7. The number of Topliss-reactive ketones (excluding diaryl/α,β-unsaturated/α-hetero) is 1. The van der Waals surface area contributed by atoms with Crippen molar-refractivity contribution in [2.75, 3.05) is 24.7 Å². The van der Waals surface area contributed by atoms with Crippen LogP contribution in [-0.2, 0) is 16.0 Å². The van der Waals surface area contributed by atoms with E-state index in [2.05, 4.69) is 10.2 Å². The van der Waals surface area contributed by atoms with Gasteiger partial charge in [0.05, 0.1) is 18.8 Å². The summed E-state index contributed by atoms with van der Waals surface area (Å²) in [5, 5.41) is 18.9. The number of ether oxygens (including phenoxy) is 2. The Morgan fingerprint density at radius 2 is 1.76 bits per heavy atom. The van der Waals surface area contributed by atoms with Gasteiger partial charge in [-0.05, 0) is 51.7 Å². The molecule has 0 bridgehead atoms. The minimum Gasteiger partial charge on any atom is -0.507 e. The molecule has 2 rings (SSSR count). The first-order chi connectivity index (χ1) is 16.0. The third kappa shape index (κ3) is 9.54. The van der Waals surface area contributed by atoms with Gasteiger partial charge in [-0.15, -0.1) is 10.2 Å². The first-order valence-corrected chi connectivity index (χ1v) is 14.0. The van der Waals surface area contributed by atoms with Crippen LogP contribution < -0.4 is 4.74 Å². The summed E-state index contributed by atoms with van der Waals surface area (Å²) in [6.45, 7) is 6.24. The summed E-state index contributed by atoms with van der Waals surface area (Å²) in [4.78, 5) is 23.0. The topological polar surface area (TPSA) is 98.6 Å². The summed E-state index contributed by atoms with van der Waals surface area (Å²) in [7, 11) is 0. The number of benzene rings is 1. The van der Waals surface area contributed by atoms with Crippen LogP contribution in [0.1, 0.15) is 68.8 Å². The summed E-state index contributed by atoms with van der Waals surface area (Å²) in [5.74, 6) is 2.14. The molecule has 182 valence electrons. The van der Waals surface area contributed by atoms with Gasteiger partial charge in [-0.1, -0.05) is 48.2 Å². The lowest BCUT2D eigenvalue weighted by Gasteiger charge is -2.14. The Morgan fingerprint density at radius 1 is 1.06 bits per heavy atom. The Labute approximate surface area is 208 Å². The molecule has 0 saturated carbocycles. The molecule has 0 atom stereocenters. The number of hydrogen-bond donors (Lipinski definition) is 1. The molecule has 0 fully saturated rings. The number of nitrogens with zero attached hydrogens (tertiary/aromatic N) is 2. The number of phenolic OH excluding ortho intramolecular Hbond substituents is 1. The van der Waals surface area contributed by atoms with Crippen LogP contribution in [0.25, 0.3) is 0 Å². The van der Waals surface area contributed by atoms with E-state index >= 15 is 0 Å². The number of esters is 1. The molecular formula is C23H32N2O5S3. The molecule has 1 heterocycles. The summed E-state index contributed by atoms with van der Waals surface area (Å²) in [5.41, 5.74) is 1.04. The predicted octanol–water partition coefficient (Wildman–Crippen LogP) is 5.79. The van der Waals surface area contributed by atoms with Crippen molar-refractivity contribution in [2.45, 2.75) is 68.0 Å². The van der Waals surface area contributed by atoms with E-state index in [-0.39, 0.29) is 17.5 Å². The van der Waals surface area contributed by atoms with Crippen LogP contribution in [0.2, 0.25) is 0 Å². The van der Waals surface area contributed by atoms with Crippen LogP contribution in [0.4, 0.5) is 0 Å². The fourth-order valence-electron chi connectivity index (χ4n) is 3.01. The Hall–Kier alpha value is -1.78. The van der Waals surface area contributed by atoms with Crippen molar-refractivity contribution in [1.82, 2.24) is 10.2 Å². The van der Waals surface area contributed by atoms with Gasteiger partial charge in [0.1, 0.15) is 11.5 Å². The Kier molecular flexibility index (Phi) is 12.6. The minimum absolute atomic E-state index is 0.0380. The molecule has 0 unspecified atom stereocenters. The van der Waals surface area contributed by atoms with Crippen LogP contribution in [0.5, 0.6) is 11.5 Å². The maximum Gasteiger partial charge on any atom is 0.305 e. The molecule has 1 N–H and O–H groups in total. The minimum atomic E-state index is -0.154. The van der Waals surface area contributed by atoms with Crippen molar-refractivity contribution < 1.29 is 24.2 Å². The van der Waals surface area contributed by atoms with Crippen LogP contribution in [-0.4, -0.2) is 51.8 Å². The summed E-state index contributed by atoms with van der Waals surface area (Å²) in [6, 6.07) is 3.40. The van der Waals surface area contributed by atoms with Gasteiger partial charge in [-0.3, -0.25) is 9.59 Å². The Bertz CT molecular complexity index is 904. The molecule has 0 aliphatic carbocycles. The van der Waals surface area contributed by atoms with Gasteiger partial charge in [0.15, 0.2) is 14.5 Å². The molecule has 0 aliphatic heterocycles. The zero-order valence-electron chi connectivity index (χ0n) is 19.4. The largest absolute Gasteiger partial charge is 0.507 e. The van der Waals surface area contributed by atoms with Crippen LogP contribution in [0.15, 0.2) is 20.8 Å². The van der Waals surface area contributed by atoms with E-state index in [0.29, 0.717) is 42.9 Å². The highest BCUT2D eigenvalue weighted by Crippen LogP contribution is 2.33. The summed E-state index contributed by atoms with van der Waals surface area (Å²) < 4.78 is 12.7. The second kappa shape index (κ2) is 15.2. The first-order valence-electron chi connectivity index (χ1n) is 11.2. The number of unbranched alkanes of at least 4 members (excludes halogenated alkanes) is 1. The standard InChI is InChI=1S/C23H32N2O5S3/c1-4-9-18-19(12-11-17(16(3)26)21(18)28)30-13-8-15-32-23-25-24-22(33-23)31-14-7-6-10-20(27)29-5-2/h11-12,28H,4-10,13-15H2,1-3H3. The van der Waals surface area contributed by atoms with Gasteiger partial charge in [0, 0.05) is 23.5 Å². The normalized spacial score (nSPS) is 10.9. The summed E-state index contributed by atoms with van der Waals surface area (Å²) in [6.07, 6.45) is 4.55. The molecule has 2 aromatic rings. The highest BCUT2D eigenvalue weighted by Gasteiger charge is 2.16. The van der Waals surface area contributed by atoms with Gasteiger partial charge >= 0.3 is 5.97 Å². The van der Waals surface area contributed by atoms with Crippen LogP contribution >= 0.6 is 34.9 Å². The monoisotopic (exact) mass is 512 g/mol. The fraction of sp³-hybridized carbons (Fsp3) is 0.565. The number of phenols is 1. The SMILES string of the molecule is CCCc1c(OCCCSc2nnc(SCCCCC(=O)OCC)s2)ccc(C(C)=O)c1O. The highest BCUT2D eigenvalue weighted by molar-refractivity contribution is 8.03. The second-order valence-corrected chi connectivity index (χ2v) is 10.9. The number of aromatic hydroxyl groups is 1. The van der Waals surface area contributed by atoms with Crippen molar-refractivity contribution in [3.05, 3.63) is 23.3 Å². The third-order valence-electron chi connectivity index (χ3n) is 4.58. The van der Waals surface area contributed by atoms with Gasteiger partial charge < -0.3 is 14.6 Å². The van der Waals surface area contributed by atoms with E-state index in [1.54, 1.807) is 47.0 Å². The fourth-order valence-corrected chi connectivity index (χ4v) is 6.08. The molecule has 10 heteroatoms. The second-order valence-electron chi connectivity index (χ2n) is 7.24. The third-order valence-corrected chi connectivity index (χ3v) is 7.95. The molecule has 0 aliphatic rings. The molecule has 0 spiro atoms. The lowest BCUT2D eigenvalue weighted by atomic mass is 10.0. The van der Waals surface area contributed by atoms with E-state index in [4.69, 9.17) is 9.47 Å². The van der Waals surface area contributed by atoms with E-state index in [1.165, 1.54) is 6.92 Å². The number of thioether (sulfide) groups is 2. The lowest BCUT2D eigenvalue weighted by molar-refractivity contribution is -0.143. The van der Waals surface area contributed by atoms with E-state index in [0.717, 1.165) is 45.9 Å². The average Bonchev–Trinajstić information content (AvgIpc) is 3.23. The zero-order valence-corrected chi connectivity index (χ0v) is 21.9. The van der Waals surface area contributed by atoms with Gasteiger partial charge in [-0.2, -0.15) is 0 Å². The molecule has 1 aromatic carbocycles. The smallest absolute Gasteiger partial charge is 0.305 e. The van der Waals surface area contributed by atoms with Crippen LogP contribution in [0.3, 0.4) is 0 Å². The van der Waals surface area contributed by atoms with Crippen molar-refractivity contribution in [1.29, 1.82) is 0 Å². The lowest BCUT2D eigenvalue weighted by Crippen LogP contribution is -2.04. The number of carbonyl (C=O) groups excluding carboxylic acids is 2. The highest BCUT2D eigenvalue weighted by atomic mass is 32.2. The average molecular weight is 513 g/mol. The quantitative estimate of drug-likeness (QED) is 0.130. The Morgan fingerprint density at radius 3 is 2.39 bits per heavy atom. The first kappa shape index (κ1) is 27.5. The van der Waals surface area contributed by atoms with Gasteiger partial charge in [-0.25, -0.2) is 0 Å². The number of rotatable bonds is 16. The number of ketones is 1. The van der Waals surface area contributed by atoms with E-state index in [1.807, 2.05) is 13.8 Å². The number of hydrogen-bond acceptors (Lipinski definition) is 10. The molecule has 0 radical (unpaired) electrons. The van der Waals surface area contributed by atoms with Crippen molar-refractivity contribution in [2.24, 2.45) is 0 Å².